The minimum Gasteiger partial charge on any atom is -0.385 e. The number of ether oxygens (including phenoxy) is 1. The Labute approximate surface area is 195 Å². The van der Waals surface area contributed by atoms with Gasteiger partial charge in [0.05, 0.1) is 33.7 Å². The van der Waals surface area contributed by atoms with E-state index in [0.29, 0.717) is 52.2 Å². The molecule has 0 fully saturated rings. The number of carbonyl (C=O) groups is 1. The van der Waals surface area contributed by atoms with E-state index in [-0.39, 0.29) is 11.5 Å². The summed E-state index contributed by atoms with van der Waals surface area (Å²) in [5.41, 5.74) is 3.86. The van der Waals surface area contributed by atoms with Crippen molar-refractivity contribution in [3.63, 3.8) is 0 Å². The van der Waals surface area contributed by atoms with Gasteiger partial charge in [-0.25, -0.2) is 4.68 Å². The van der Waals surface area contributed by atoms with Crippen LogP contribution in [0.2, 0.25) is 0 Å². The predicted molar refractivity (Wildman–Crippen MR) is 131 cm³/mol. The predicted octanol–water partition coefficient (Wildman–Crippen LogP) is 4.15. The Kier molecular flexibility index (Phi) is 6.52. The molecule has 0 saturated heterocycles. The van der Waals surface area contributed by atoms with Gasteiger partial charge < -0.3 is 15.0 Å². The number of hydrogen-bond acceptors (Lipinski definition) is 5. The molecule has 0 aliphatic rings. The molecule has 2 aromatic heterocycles. The van der Waals surface area contributed by atoms with Gasteiger partial charge in [-0.2, -0.15) is 5.10 Å². The average Bonchev–Trinajstić information content (AvgIpc) is 3.09. The Balaban J connectivity index is 1.63. The average molecular weight is 464 g/mol. The van der Waals surface area contributed by atoms with Crippen LogP contribution in [0.1, 0.15) is 28.2 Å². The number of aryl methyl sites for hydroxylation is 1. The van der Waals surface area contributed by atoms with Crippen molar-refractivity contribution in [3.8, 4) is 5.69 Å². The van der Waals surface area contributed by atoms with E-state index >= 15 is 0 Å². The second kappa shape index (κ2) is 9.51. The van der Waals surface area contributed by atoms with E-state index < -0.39 is 0 Å². The van der Waals surface area contributed by atoms with Crippen molar-refractivity contribution in [2.75, 3.05) is 19.0 Å². The summed E-state index contributed by atoms with van der Waals surface area (Å²) < 4.78 is 8.69. The number of nitrogens with zero attached hydrogens (tertiary/aromatic N) is 3. The van der Waals surface area contributed by atoms with Gasteiger partial charge in [0.25, 0.3) is 11.5 Å². The maximum absolute atomic E-state index is 13.0. The number of para-hydroxylation sites is 1. The monoisotopic (exact) mass is 463 g/mol. The fourth-order valence-corrected chi connectivity index (χ4v) is 4.08. The Hall–Kier alpha value is -3.56. The first-order valence-corrected chi connectivity index (χ1v) is 11.0. The van der Waals surface area contributed by atoms with Crippen molar-refractivity contribution in [2.45, 2.75) is 26.8 Å². The van der Waals surface area contributed by atoms with Gasteiger partial charge >= 0.3 is 0 Å². The van der Waals surface area contributed by atoms with Crippen molar-refractivity contribution in [1.29, 1.82) is 0 Å². The minimum absolute atomic E-state index is 0.187. The summed E-state index contributed by atoms with van der Waals surface area (Å²) in [5, 5.41) is 8.01. The maximum Gasteiger partial charge on any atom is 0.262 e. The van der Waals surface area contributed by atoms with Crippen molar-refractivity contribution in [2.24, 2.45) is 0 Å². The van der Waals surface area contributed by atoms with Crippen LogP contribution >= 0.6 is 12.2 Å². The first-order valence-electron chi connectivity index (χ1n) is 10.6. The molecule has 170 valence electrons. The third-order valence-corrected chi connectivity index (χ3v) is 5.83. The van der Waals surface area contributed by atoms with Crippen LogP contribution < -0.4 is 10.9 Å². The lowest BCUT2D eigenvalue weighted by Crippen LogP contribution is -2.23. The van der Waals surface area contributed by atoms with Gasteiger partial charge in [-0.05, 0) is 62.8 Å². The second-order valence-corrected chi connectivity index (χ2v) is 8.13. The van der Waals surface area contributed by atoms with Crippen LogP contribution in [0.5, 0.6) is 0 Å². The fourth-order valence-electron chi connectivity index (χ4n) is 3.80. The van der Waals surface area contributed by atoms with E-state index in [4.69, 9.17) is 17.0 Å². The summed E-state index contributed by atoms with van der Waals surface area (Å²) in [7, 11) is 1.62. The van der Waals surface area contributed by atoms with Gasteiger partial charge in [-0.15, -0.1) is 0 Å². The van der Waals surface area contributed by atoms with Crippen molar-refractivity contribution < 1.29 is 9.53 Å². The quantitative estimate of drug-likeness (QED) is 0.317. The van der Waals surface area contributed by atoms with E-state index in [1.807, 2.05) is 44.2 Å². The summed E-state index contributed by atoms with van der Waals surface area (Å²) in [6.45, 7) is 4.76. The summed E-state index contributed by atoms with van der Waals surface area (Å²) >= 11 is 5.37. The number of aromatic amines is 1. The summed E-state index contributed by atoms with van der Waals surface area (Å²) in [5.74, 6) is -0.292. The van der Waals surface area contributed by atoms with Gasteiger partial charge in [0.15, 0.2) is 4.77 Å². The smallest absolute Gasteiger partial charge is 0.262 e. The molecule has 0 unspecified atom stereocenters. The molecular weight excluding hydrogens is 438 g/mol. The van der Waals surface area contributed by atoms with Crippen LogP contribution in [-0.2, 0) is 11.3 Å². The Morgan fingerprint density at radius 2 is 1.94 bits per heavy atom. The summed E-state index contributed by atoms with van der Waals surface area (Å²) in [6, 6.07) is 14.7. The number of H-pyrrole nitrogens is 1. The van der Waals surface area contributed by atoms with Crippen LogP contribution in [0.15, 0.2) is 53.3 Å². The molecule has 4 aromatic rings. The van der Waals surface area contributed by atoms with Crippen LogP contribution in [0.25, 0.3) is 16.6 Å². The number of anilines is 1. The molecule has 8 nitrogen and oxygen atoms in total. The first-order chi connectivity index (χ1) is 15.9. The van der Waals surface area contributed by atoms with Gasteiger partial charge in [0.1, 0.15) is 0 Å². The molecule has 1 amide bonds. The van der Waals surface area contributed by atoms with E-state index in [1.165, 1.54) is 4.57 Å². The van der Waals surface area contributed by atoms with Crippen LogP contribution in [0.4, 0.5) is 5.69 Å². The molecular formula is C24H25N5O3S. The van der Waals surface area contributed by atoms with Crippen LogP contribution in [-0.4, -0.2) is 39.0 Å². The highest BCUT2D eigenvalue weighted by molar-refractivity contribution is 7.71. The molecule has 0 atom stereocenters. The van der Waals surface area contributed by atoms with Crippen molar-refractivity contribution >= 4 is 34.7 Å². The number of rotatable bonds is 7. The summed E-state index contributed by atoms with van der Waals surface area (Å²) in [4.78, 5) is 29.0. The van der Waals surface area contributed by atoms with Crippen molar-refractivity contribution in [3.05, 3.63) is 80.6 Å². The molecule has 0 spiro atoms. The number of nitrogens with one attached hydrogen (secondary N) is 2. The fraction of sp³-hybridized carbons (Fsp3) is 0.250. The van der Waals surface area contributed by atoms with Crippen molar-refractivity contribution in [1.82, 2.24) is 19.3 Å². The van der Waals surface area contributed by atoms with Gasteiger partial charge in [-0.3, -0.25) is 14.2 Å². The summed E-state index contributed by atoms with van der Waals surface area (Å²) in [6.07, 6.45) is 0.676. The van der Waals surface area contributed by atoms with Gasteiger partial charge in [0.2, 0.25) is 0 Å². The SMILES string of the molecule is COCCCn1c(=S)[nH]c2cc(C(=O)Nc3c(C)nn(-c4ccccc4)c3C)ccc2c1=O. The van der Waals surface area contributed by atoms with Crippen LogP contribution in [0.3, 0.4) is 0 Å². The zero-order valence-corrected chi connectivity index (χ0v) is 19.5. The van der Waals surface area contributed by atoms with Gasteiger partial charge in [-0.1, -0.05) is 18.2 Å². The van der Waals surface area contributed by atoms with E-state index in [2.05, 4.69) is 15.4 Å². The molecule has 4 rings (SSSR count). The lowest BCUT2D eigenvalue weighted by atomic mass is 10.1. The molecule has 0 aliphatic carbocycles. The largest absolute Gasteiger partial charge is 0.385 e. The standard InChI is InChI=1S/C24H25N5O3S/c1-15-21(16(2)29(27-15)18-8-5-4-6-9-18)26-22(30)17-10-11-19-20(14-17)25-24(33)28(23(19)31)12-7-13-32-3/h4-6,8-11,14H,7,12-13H2,1-3H3,(H,25,33)(H,26,30). The Morgan fingerprint density at radius 3 is 2.67 bits per heavy atom. The molecule has 33 heavy (non-hydrogen) atoms. The highest BCUT2D eigenvalue weighted by Gasteiger charge is 2.17. The molecule has 2 heterocycles. The third kappa shape index (κ3) is 4.50. The highest BCUT2D eigenvalue weighted by Crippen LogP contribution is 2.23. The van der Waals surface area contributed by atoms with E-state index in [9.17, 15) is 9.59 Å². The van der Waals surface area contributed by atoms with Crippen LogP contribution in [0, 0.1) is 18.6 Å². The second-order valence-electron chi connectivity index (χ2n) is 7.74. The van der Waals surface area contributed by atoms with Gasteiger partial charge in [0, 0.05) is 25.8 Å². The molecule has 2 aromatic carbocycles. The number of carbonyl (C=O) groups excluding carboxylic acids is 1. The molecule has 0 bridgehead atoms. The molecule has 0 radical (unpaired) electrons. The number of hydrogen-bond donors (Lipinski definition) is 2. The number of benzene rings is 2. The molecule has 2 N–H and O–H groups in total. The lowest BCUT2D eigenvalue weighted by Gasteiger charge is -2.10. The number of aromatic nitrogens is 4. The van der Waals surface area contributed by atoms with E-state index in [0.717, 1.165) is 11.4 Å². The van der Waals surface area contributed by atoms with E-state index in [1.54, 1.807) is 30.0 Å². The first kappa shape index (κ1) is 22.6. The molecule has 9 heteroatoms. The lowest BCUT2D eigenvalue weighted by molar-refractivity contribution is 0.102. The minimum atomic E-state index is -0.292. The normalized spacial score (nSPS) is 11.1. The maximum atomic E-state index is 13.0. The number of amides is 1. The highest BCUT2D eigenvalue weighted by atomic mass is 32.1. The third-order valence-electron chi connectivity index (χ3n) is 5.50. The number of fused-ring (bicyclic) bond motifs is 1. The Bertz CT molecular complexity index is 1440. The molecule has 0 saturated carbocycles. The zero-order chi connectivity index (χ0) is 23.5. The number of methoxy groups -OCH3 is 1. The molecule has 0 aliphatic heterocycles. The topological polar surface area (TPSA) is 93.9 Å². The Morgan fingerprint density at radius 1 is 1.18 bits per heavy atom. The zero-order valence-electron chi connectivity index (χ0n) is 18.7.